The molecule has 2 N–H and O–H groups in total. The average molecular weight is 752 g/mol. The number of rotatable bonds is 11. The van der Waals surface area contributed by atoms with Gasteiger partial charge in [-0.3, -0.25) is 24.6 Å². The lowest BCUT2D eigenvalue weighted by Crippen LogP contribution is -2.53. The monoisotopic (exact) mass is 751 g/mol. The average Bonchev–Trinajstić information content (AvgIpc) is 3.56. The number of allylic oxidation sites excluding steroid dienone is 1. The number of aryl methyl sites for hydroxylation is 1. The number of phenols is 1. The predicted molar refractivity (Wildman–Crippen MR) is 221 cm³/mol. The third kappa shape index (κ3) is 8.15. The van der Waals surface area contributed by atoms with Crippen LogP contribution in [0.5, 0.6) is 5.75 Å². The van der Waals surface area contributed by atoms with Crippen LogP contribution in [0, 0.1) is 0 Å². The van der Waals surface area contributed by atoms with E-state index in [2.05, 4.69) is 87.6 Å². The van der Waals surface area contributed by atoms with Crippen LogP contribution in [0.1, 0.15) is 83.6 Å². The molecular weight excluding hydrogens is 699 g/mol. The number of benzene rings is 4. The summed E-state index contributed by atoms with van der Waals surface area (Å²) >= 11 is 0. The third-order valence-electron chi connectivity index (χ3n) is 12.4. The van der Waals surface area contributed by atoms with Gasteiger partial charge in [-0.05, 0) is 127 Å². The number of nitrogens with zero attached hydrogens (tertiary/aromatic N) is 4. The molecule has 8 rings (SSSR count). The van der Waals surface area contributed by atoms with E-state index in [0.717, 1.165) is 81.9 Å². The van der Waals surface area contributed by atoms with Crippen molar-refractivity contribution >= 4 is 34.6 Å². The standard InChI is InChI=1S/C47H53N5O4/c1-2-41(34-8-4-3-5-9-34)45(36-14-17-40(53)18-15-36)35-12-10-33(11-13-35)7-6-24-49-25-22-38(23-26-49)50-27-29-51(30-28-50)39-16-19-42-37(31-39)32-52(47(42)56)43-20-21-44(54)48-46(43)55/h3-5,8-19,31,38,43,53H,2,6-7,20-30,32H2,1H3,(H,48,54,55). The van der Waals surface area contributed by atoms with Crippen LogP contribution in [0.4, 0.5) is 5.69 Å². The molecule has 9 heteroatoms. The Bertz CT molecular complexity index is 2060. The van der Waals surface area contributed by atoms with Crippen LogP contribution < -0.4 is 10.2 Å². The van der Waals surface area contributed by atoms with Crippen LogP contribution >= 0.6 is 0 Å². The number of hydrogen-bond donors (Lipinski definition) is 2. The normalized spacial score (nSPS) is 20.2. The lowest BCUT2D eigenvalue weighted by Gasteiger charge is -2.43. The van der Waals surface area contributed by atoms with Crippen LogP contribution in [0.25, 0.3) is 11.1 Å². The van der Waals surface area contributed by atoms with E-state index in [1.165, 1.54) is 40.7 Å². The molecule has 4 aromatic rings. The predicted octanol–water partition coefficient (Wildman–Crippen LogP) is 6.74. The molecule has 290 valence electrons. The highest BCUT2D eigenvalue weighted by molar-refractivity contribution is 6.05. The summed E-state index contributed by atoms with van der Waals surface area (Å²) in [6.45, 7) is 10.0. The number of likely N-dealkylation sites (tertiary alicyclic amines) is 1. The van der Waals surface area contributed by atoms with Gasteiger partial charge in [0, 0.05) is 56.4 Å². The van der Waals surface area contributed by atoms with E-state index in [-0.39, 0.29) is 29.9 Å². The van der Waals surface area contributed by atoms with Gasteiger partial charge < -0.3 is 19.8 Å². The first kappa shape index (κ1) is 37.7. The molecule has 0 aliphatic carbocycles. The zero-order chi connectivity index (χ0) is 38.6. The number of phenolic OH excluding ortho intramolecular Hbond substituents is 1. The Morgan fingerprint density at radius 2 is 1.46 bits per heavy atom. The van der Waals surface area contributed by atoms with Crippen LogP contribution in [-0.2, 0) is 22.6 Å². The van der Waals surface area contributed by atoms with Gasteiger partial charge in [0.05, 0.1) is 0 Å². The van der Waals surface area contributed by atoms with Crippen LogP contribution in [0.3, 0.4) is 0 Å². The number of amides is 3. The van der Waals surface area contributed by atoms with Gasteiger partial charge in [0.15, 0.2) is 0 Å². The first-order valence-electron chi connectivity index (χ1n) is 20.5. The second-order valence-electron chi connectivity index (χ2n) is 15.8. The highest BCUT2D eigenvalue weighted by Crippen LogP contribution is 2.36. The number of piperidine rings is 2. The van der Waals surface area contributed by atoms with Crippen molar-refractivity contribution < 1.29 is 19.5 Å². The summed E-state index contributed by atoms with van der Waals surface area (Å²) < 4.78 is 0. The van der Waals surface area contributed by atoms with Gasteiger partial charge in [-0.15, -0.1) is 0 Å². The number of piperazine rings is 1. The Morgan fingerprint density at radius 1 is 0.768 bits per heavy atom. The maximum atomic E-state index is 13.2. The van der Waals surface area contributed by atoms with E-state index in [4.69, 9.17) is 0 Å². The molecule has 0 bridgehead atoms. The van der Waals surface area contributed by atoms with Gasteiger partial charge in [-0.25, -0.2) is 0 Å². The zero-order valence-electron chi connectivity index (χ0n) is 32.5. The summed E-state index contributed by atoms with van der Waals surface area (Å²) in [5.41, 5.74) is 10.2. The molecule has 0 saturated carbocycles. The van der Waals surface area contributed by atoms with E-state index in [0.29, 0.717) is 24.6 Å². The fraction of sp³-hybridized carbons (Fsp3) is 0.383. The van der Waals surface area contributed by atoms with Crippen molar-refractivity contribution in [3.8, 4) is 5.75 Å². The molecule has 56 heavy (non-hydrogen) atoms. The smallest absolute Gasteiger partial charge is 0.255 e. The largest absolute Gasteiger partial charge is 0.508 e. The summed E-state index contributed by atoms with van der Waals surface area (Å²) in [5.74, 6) is -0.477. The number of carbonyl (C=O) groups is 3. The van der Waals surface area contributed by atoms with Crippen molar-refractivity contribution in [2.45, 2.75) is 70.5 Å². The van der Waals surface area contributed by atoms with Gasteiger partial charge in [0.1, 0.15) is 11.8 Å². The SMILES string of the molecule is CCC(=C(c1ccc(O)cc1)c1ccc(CCCN2CCC(N3CCN(c4ccc5c(c4)CN(C4CCC(=O)NC4=O)C5=O)CC3)CC2)cc1)c1ccccc1. The summed E-state index contributed by atoms with van der Waals surface area (Å²) in [5, 5.41) is 12.4. The molecule has 1 unspecified atom stereocenters. The number of nitrogens with one attached hydrogen (secondary N) is 1. The summed E-state index contributed by atoms with van der Waals surface area (Å²) in [4.78, 5) is 46.6. The van der Waals surface area contributed by atoms with E-state index >= 15 is 0 Å². The number of fused-ring (bicyclic) bond motifs is 1. The minimum absolute atomic E-state index is 0.120. The topological polar surface area (TPSA) is 96.4 Å². The zero-order valence-corrected chi connectivity index (χ0v) is 32.5. The molecule has 3 amide bonds. The molecule has 4 aliphatic heterocycles. The molecular formula is C47H53N5O4. The fourth-order valence-corrected chi connectivity index (χ4v) is 9.26. The highest BCUT2D eigenvalue weighted by Gasteiger charge is 2.39. The van der Waals surface area contributed by atoms with Crippen LogP contribution in [0.2, 0.25) is 0 Å². The van der Waals surface area contributed by atoms with Crippen LogP contribution in [-0.4, -0.2) is 95.4 Å². The molecule has 0 spiro atoms. The third-order valence-corrected chi connectivity index (χ3v) is 12.4. The van der Waals surface area contributed by atoms with Crippen molar-refractivity contribution in [1.29, 1.82) is 0 Å². The van der Waals surface area contributed by atoms with E-state index in [1.807, 2.05) is 24.3 Å². The summed E-state index contributed by atoms with van der Waals surface area (Å²) in [6.07, 6.45) is 6.17. The minimum Gasteiger partial charge on any atom is -0.508 e. The molecule has 4 heterocycles. The Morgan fingerprint density at radius 3 is 2.14 bits per heavy atom. The number of hydrogen-bond acceptors (Lipinski definition) is 7. The second-order valence-corrected chi connectivity index (χ2v) is 15.8. The van der Waals surface area contributed by atoms with E-state index in [9.17, 15) is 19.5 Å². The number of aromatic hydroxyl groups is 1. The van der Waals surface area contributed by atoms with Crippen molar-refractivity contribution in [2.75, 3.05) is 50.7 Å². The molecule has 9 nitrogen and oxygen atoms in total. The Hall–Kier alpha value is -5.25. The Labute approximate surface area is 330 Å². The molecule has 3 saturated heterocycles. The molecule has 0 radical (unpaired) electrons. The van der Waals surface area contributed by atoms with Gasteiger partial charge in [0.25, 0.3) is 5.91 Å². The first-order valence-corrected chi connectivity index (χ1v) is 20.5. The van der Waals surface area contributed by atoms with Gasteiger partial charge in [-0.2, -0.15) is 0 Å². The maximum Gasteiger partial charge on any atom is 0.255 e. The van der Waals surface area contributed by atoms with Crippen molar-refractivity contribution in [2.24, 2.45) is 0 Å². The van der Waals surface area contributed by atoms with Crippen molar-refractivity contribution in [3.63, 3.8) is 0 Å². The van der Waals surface area contributed by atoms with Crippen molar-refractivity contribution in [3.05, 3.63) is 130 Å². The second kappa shape index (κ2) is 16.9. The van der Waals surface area contributed by atoms with Gasteiger partial charge in [0.2, 0.25) is 11.8 Å². The highest BCUT2D eigenvalue weighted by atomic mass is 16.3. The molecule has 1 atom stereocenters. The first-order chi connectivity index (χ1) is 27.3. The molecule has 4 aliphatic rings. The number of anilines is 1. The lowest BCUT2D eigenvalue weighted by molar-refractivity contribution is -0.136. The Balaban J connectivity index is 0.800. The fourth-order valence-electron chi connectivity index (χ4n) is 9.26. The van der Waals surface area contributed by atoms with E-state index < -0.39 is 6.04 Å². The lowest BCUT2D eigenvalue weighted by atomic mass is 9.87. The minimum atomic E-state index is -0.584. The quantitative estimate of drug-likeness (QED) is 0.130. The Kier molecular flexibility index (Phi) is 11.3. The van der Waals surface area contributed by atoms with E-state index in [1.54, 1.807) is 17.0 Å². The van der Waals surface area contributed by atoms with Crippen molar-refractivity contribution in [1.82, 2.24) is 20.0 Å². The van der Waals surface area contributed by atoms with Gasteiger partial charge in [-0.1, -0.05) is 73.7 Å². The maximum absolute atomic E-state index is 13.2. The molecule has 0 aromatic heterocycles. The summed E-state index contributed by atoms with van der Waals surface area (Å²) in [7, 11) is 0. The number of carbonyl (C=O) groups excluding carboxylic acids is 3. The van der Waals surface area contributed by atoms with Gasteiger partial charge >= 0.3 is 0 Å². The molecule has 4 aromatic carbocycles. The summed E-state index contributed by atoms with van der Waals surface area (Å²) in [6, 6.07) is 33.4. The van der Waals surface area contributed by atoms with Crippen LogP contribution in [0.15, 0.2) is 97.1 Å². The molecule has 3 fully saturated rings. The number of imide groups is 1.